The van der Waals surface area contributed by atoms with Crippen LogP contribution in [0.25, 0.3) is 0 Å². The van der Waals surface area contributed by atoms with Gasteiger partial charge >= 0.3 is 0 Å². The van der Waals surface area contributed by atoms with Crippen LogP contribution in [0.2, 0.25) is 5.02 Å². The SMILES string of the molecule is COc1cc(Cl)ccc1C(=O)N1CCN(S(=O)(=O)c2c(C)nn(C)c2C)CC1. The number of nitrogens with zero attached hydrogens (tertiary/aromatic N) is 4. The van der Waals surface area contributed by atoms with E-state index in [-0.39, 0.29) is 23.9 Å². The number of sulfonamides is 1. The molecule has 0 unspecified atom stereocenters. The van der Waals surface area contributed by atoms with Crippen molar-refractivity contribution in [2.45, 2.75) is 18.7 Å². The maximum absolute atomic E-state index is 13.1. The van der Waals surface area contributed by atoms with E-state index in [2.05, 4.69) is 5.10 Å². The Balaban J connectivity index is 1.77. The molecule has 0 saturated carbocycles. The lowest BCUT2D eigenvalue weighted by molar-refractivity contribution is 0.0694. The molecule has 1 amide bonds. The lowest BCUT2D eigenvalue weighted by Gasteiger charge is -2.34. The van der Waals surface area contributed by atoms with Gasteiger partial charge in [0, 0.05) is 38.2 Å². The van der Waals surface area contributed by atoms with Gasteiger partial charge in [0.05, 0.1) is 24.1 Å². The molecule has 3 rings (SSSR count). The molecule has 1 aliphatic heterocycles. The molecule has 10 heteroatoms. The molecule has 0 N–H and O–H groups in total. The number of ether oxygens (including phenoxy) is 1. The van der Waals surface area contributed by atoms with Gasteiger partial charge in [-0.2, -0.15) is 9.40 Å². The second-order valence-electron chi connectivity index (χ2n) is 6.66. The molecular weight excluding hydrogens is 404 g/mol. The van der Waals surface area contributed by atoms with Gasteiger partial charge in [0.2, 0.25) is 10.0 Å². The summed E-state index contributed by atoms with van der Waals surface area (Å²) >= 11 is 5.96. The van der Waals surface area contributed by atoms with Crippen LogP contribution in [0.4, 0.5) is 0 Å². The summed E-state index contributed by atoms with van der Waals surface area (Å²) in [7, 11) is -0.467. The molecular formula is C18H23ClN4O4S. The molecule has 28 heavy (non-hydrogen) atoms. The zero-order valence-corrected chi connectivity index (χ0v) is 17.8. The first-order valence-electron chi connectivity index (χ1n) is 8.80. The third-order valence-electron chi connectivity index (χ3n) is 4.96. The maximum Gasteiger partial charge on any atom is 0.257 e. The Morgan fingerprint density at radius 1 is 1.18 bits per heavy atom. The van der Waals surface area contributed by atoms with E-state index in [1.807, 2.05) is 0 Å². The maximum atomic E-state index is 13.1. The van der Waals surface area contributed by atoms with E-state index in [1.165, 1.54) is 11.4 Å². The number of methoxy groups -OCH3 is 1. The Morgan fingerprint density at radius 3 is 2.36 bits per heavy atom. The normalized spacial score (nSPS) is 15.7. The topological polar surface area (TPSA) is 84.7 Å². The summed E-state index contributed by atoms with van der Waals surface area (Å²) in [6.45, 7) is 4.45. The number of rotatable bonds is 4. The highest BCUT2D eigenvalue weighted by atomic mass is 35.5. The van der Waals surface area contributed by atoms with Gasteiger partial charge in [-0.05, 0) is 32.0 Å². The first-order valence-corrected chi connectivity index (χ1v) is 10.6. The number of aromatic nitrogens is 2. The van der Waals surface area contributed by atoms with Crippen LogP contribution < -0.4 is 4.74 Å². The Morgan fingerprint density at radius 2 is 1.82 bits per heavy atom. The number of carbonyl (C=O) groups is 1. The van der Waals surface area contributed by atoms with Crippen molar-refractivity contribution in [1.82, 2.24) is 19.0 Å². The Labute approximate surface area is 169 Å². The Kier molecular flexibility index (Phi) is 5.69. The molecule has 1 aliphatic rings. The van der Waals surface area contributed by atoms with Crippen molar-refractivity contribution in [3.05, 3.63) is 40.2 Å². The molecule has 1 fully saturated rings. The van der Waals surface area contributed by atoms with Gasteiger partial charge in [-0.25, -0.2) is 8.42 Å². The van der Waals surface area contributed by atoms with Crippen LogP contribution >= 0.6 is 11.6 Å². The van der Waals surface area contributed by atoms with Crippen molar-refractivity contribution in [2.24, 2.45) is 7.05 Å². The summed E-state index contributed by atoms with van der Waals surface area (Å²) in [4.78, 5) is 14.7. The van der Waals surface area contributed by atoms with E-state index < -0.39 is 10.0 Å². The lowest BCUT2D eigenvalue weighted by atomic mass is 10.1. The summed E-state index contributed by atoms with van der Waals surface area (Å²) in [5.41, 5.74) is 1.48. The van der Waals surface area contributed by atoms with Crippen LogP contribution in [0.3, 0.4) is 0 Å². The van der Waals surface area contributed by atoms with Crippen LogP contribution in [0.5, 0.6) is 5.75 Å². The quantitative estimate of drug-likeness (QED) is 0.744. The fraction of sp³-hybridized carbons (Fsp3) is 0.444. The van der Waals surface area contributed by atoms with E-state index in [0.29, 0.717) is 40.8 Å². The van der Waals surface area contributed by atoms with Crippen LogP contribution in [0.1, 0.15) is 21.7 Å². The molecule has 0 bridgehead atoms. The predicted octanol–water partition coefficient (Wildman–Crippen LogP) is 1.85. The number of piperazine rings is 1. The highest BCUT2D eigenvalue weighted by molar-refractivity contribution is 7.89. The van der Waals surface area contributed by atoms with Crippen molar-refractivity contribution in [3.63, 3.8) is 0 Å². The molecule has 2 aromatic rings. The van der Waals surface area contributed by atoms with Gasteiger partial charge < -0.3 is 9.64 Å². The van der Waals surface area contributed by atoms with E-state index in [9.17, 15) is 13.2 Å². The molecule has 2 heterocycles. The Hall–Kier alpha value is -2.10. The van der Waals surface area contributed by atoms with Crippen molar-refractivity contribution in [3.8, 4) is 5.75 Å². The van der Waals surface area contributed by atoms with Crippen LogP contribution in [0, 0.1) is 13.8 Å². The standard InChI is InChI=1S/C18H23ClN4O4S/c1-12-17(13(2)21(3)20-12)28(25,26)23-9-7-22(8-10-23)18(24)15-6-5-14(19)11-16(15)27-4/h5-6,11H,7-10H2,1-4H3. The second-order valence-corrected chi connectivity index (χ2v) is 8.98. The Bertz CT molecular complexity index is 1010. The summed E-state index contributed by atoms with van der Waals surface area (Å²) in [5, 5.41) is 4.68. The number of benzene rings is 1. The van der Waals surface area contributed by atoms with Crippen molar-refractivity contribution in [1.29, 1.82) is 0 Å². The monoisotopic (exact) mass is 426 g/mol. The predicted molar refractivity (Wildman–Crippen MR) is 105 cm³/mol. The van der Waals surface area contributed by atoms with Crippen LogP contribution in [0.15, 0.2) is 23.1 Å². The number of carbonyl (C=O) groups excluding carboxylic acids is 1. The highest BCUT2D eigenvalue weighted by Gasteiger charge is 2.34. The van der Waals surface area contributed by atoms with Crippen LogP contribution in [-0.4, -0.2) is 66.6 Å². The zero-order valence-electron chi connectivity index (χ0n) is 16.3. The number of aryl methyl sites for hydroxylation is 2. The third kappa shape index (κ3) is 3.61. The minimum Gasteiger partial charge on any atom is -0.496 e. The average molecular weight is 427 g/mol. The zero-order chi connectivity index (χ0) is 20.6. The molecule has 152 valence electrons. The van der Waals surface area contributed by atoms with E-state index in [1.54, 1.807) is 48.7 Å². The minimum atomic E-state index is -3.66. The molecule has 0 aliphatic carbocycles. The molecule has 0 spiro atoms. The number of amides is 1. The average Bonchev–Trinajstić information content (AvgIpc) is 2.93. The number of halogens is 1. The molecule has 0 radical (unpaired) electrons. The van der Waals surface area contributed by atoms with Gasteiger partial charge in [-0.3, -0.25) is 9.48 Å². The van der Waals surface area contributed by atoms with Crippen molar-refractivity contribution < 1.29 is 17.9 Å². The van der Waals surface area contributed by atoms with Gasteiger partial charge in [0.25, 0.3) is 5.91 Å². The van der Waals surface area contributed by atoms with E-state index in [4.69, 9.17) is 16.3 Å². The van der Waals surface area contributed by atoms with Crippen molar-refractivity contribution in [2.75, 3.05) is 33.3 Å². The highest BCUT2D eigenvalue weighted by Crippen LogP contribution is 2.27. The molecule has 1 aromatic carbocycles. The minimum absolute atomic E-state index is 0.209. The van der Waals surface area contributed by atoms with Gasteiger partial charge in [-0.15, -0.1) is 0 Å². The summed E-state index contributed by atoms with van der Waals surface area (Å²) in [6.07, 6.45) is 0. The van der Waals surface area contributed by atoms with E-state index >= 15 is 0 Å². The number of hydrogen-bond acceptors (Lipinski definition) is 5. The lowest BCUT2D eigenvalue weighted by Crippen LogP contribution is -2.50. The molecule has 1 aromatic heterocycles. The second kappa shape index (κ2) is 7.73. The van der Waals surface area contributed by atoms with Gasteiger partial charge in [0.15, 0.2) is 0 Å². The largest absolute Gasteiger partial charge is 0.496 e. The summed E-state index contributed by atoms with van der Waals surface area (Å²) < 4.78 is 34.3. The fourth-order valence-corrected chi connectivity index (χ4v) is 5.38. The fourth-order valence-electron chi connectivity index (χ4n) is 3.40. The van der Waals surface area contributed by atoms with E-state index in [0.717, 1.165) is 0 Å². The molecule has 1 saturated heterocycles. The van der Waals surface area contributed by atoms with Crippen LogP contribution in [-0.2, 0) is 17.1 Å². The van der Waals surface area contributed by atoms with Gasteiger partial charge in [-0.1, -0.05) is 11.6 Å². The first kappa shape index (κ1) is 20.6. The first-order chi connectivity index (χ1) is 13.2. The third-order valence-corrected chi connectivity index (χ3v) is 7.35. The molecule has 8 nitrogen and oxygen atoms in total. The smallest absolute Gasteiger partial charge is 0.257 e. The van der Waals surface area contributed by atoms with Gasteiger partial charge in [0.1, 0.15) is 10.6 Å². The number of hydrogen-bond donors (Lipinski definition) is 0. The summed E-state index contributed by atoms with van der Waals surface area (Å²) in [5.74, 6) is 0.188. The van der Waals surface area contributed by atoms with Crippen molar-refractivity contribution >= 4 is 27.5 Å². The molecule has 0 atom stereocenters. The summed E-state index contributed by atoms with van der Waals surface area (Å²) in [6, 6.07) is 4.84.